The Labute approximate surface area is 64.4 Å². The lowest BCUT2D eigenvalue weighted by molar-refractivity contribution is -0.119. The maximum absolute atomic E-state index is 10.8. The Morgan fingerprint density at radius 1 is 1.64 bits per heavy atom. The molecule has 1 aliphatic rings. The van der Waals surface area contributed by atoms with Gasteiger partial charge >= 0.3 is 0 Å². The molecular formula is C8H9NO2. The van der Waals surface area contributed by atoms with Crippen molar-refractivity contribution in [1.82, 2.24) is 5.32 Å². The summed E-state index contributed by atoms with van der Waals surface area (Å²) in [5.41, 5.74) is 0. The summed E-state index contributed by atoms with van der Waals surface area (Å²) >= 11 is 0. The third kappa shape index (κ3) is 1.13. The summed E-state index contributed by atoms with van der Waals surface area (Å²) in [7, 11) is 0. The fourth-order valence-electron chi connectivity index (χ4n) is 1.33. The van der Waals surface area contributed by atoms with Crippen LogP contribution in [0, 0.1) is 0 Å². The van der Waals surface area contributed by atoms with Gasteiger partial charge in [0.2, 0.25) is 5.91 Å². The Morgan fingerprint density at radius 2 is 2.55 bits per heavy atom. The van der Waals surface area contributed by atoms with Crippen LogP contribution < -0.4 is 5.32 Å². The number of carbonyl (C=O) groups is 1. The molecule has 58 valence electrons. The van der Waals surface area contributed by atoms with E-state index in [-0.39, 0.29) is 11.8 Å². The first-order chi connectivity index (χ1) is 5.36. The normalized spacial score (nSPS) is 23.6. The van der Waals surface area contributed by atoms with E-state index in [1.54, 1.807) is 6.26 Å². The van der Waals surface area contributed by atoms with Crippen LogP contribution in [0.3, 0.4) is 0 Å². The Bertz CT molecular complexity index is 253. The molecule has 3 nitrogen and oxygen atoms in total. The first-order valence-corrected chi connectivity index (χ1v) is 3.66. The van der Waals surface area contributed by atoms with Gasteiger partial charge in [0.25, 0.3) is 0 Å². The molecular weight excluding hydrogens is 142 g/mol. The van der Waals surface area contributed by atoms with Crippen LogP contribution in [-0.2, 0) is 4.79 Å². The van der Waals surface area contributed by atoms with Crippen molar-refractivity contribution in [3.05, 3.63) is 24.2 Å². The van der Waals surface area contributed by atoms with E-state index in [0.717, 1.165) is 5.76 Å². The summed E-state index contributed by atoms with van der Waals surface area (Å²) in [6.07, 6.45) is 2.20. The van der Waals surface area contributed by atoms with Gasteiger partial charge in [0, 0.05) is 18.9 Å². The van der Waals surface area contributed by atoms with Gasteiger partial charge in [-0.05, 0) is 12.1 Å². The Kier molecular flexibility index (Phi) is 1.42. The van der Waals surface area contributed by atoms with Gasteiger partial charge in [-0.25, -0.2) is 0 Å². The zero-order chi connectivity index (χ0) is 7.68. The predicted octanol–water partition coefficient (Wildman–Crippen LogP) is 0.883. The highest BCUT2D eigenvalue weighted by Gasteiger charge is 2.24. The van der Waals surface area contributed by atoms with Crippen molar-refractivity contribution < 1.29 is 9.21 Å². The van der Waals surface area contributed by atoms with E-state index in [0.29, 0.717) is 13.0 Å². The molecule has 1 saturated heterocycles. The van der Waals surface area contributed by atoms with Crippen LogP contribution in [-0.4, -0.2) is 12.5 Å². The van der Waals surface area contributed by atoms with E-state index in [1.165, 1.54) is 0 Å². The Balaban J connectivity index is 2.13. The van der Waals surface area contributed by atoms with Gasteiger partial charge in [-0.1, -0.05) is 0 Å². The van der Waals surface area contributed by atoms with Crippen molar-refractivity contribution >= 4 is 5.91 Å². The molecule has 1 aromatic heterocycles. The third-order valence-electron chi connectivity index (χ3n) is 1.92. The fraction of sp³-hybridized carbons (Fsp3) is 0.375. The highest BCUT2D eigenvalue weighted by Crippen LogP contribution is 2.22. The molecule has 0 aromatic carbocycles. The molecule has 0 spiro atoms. The summed E-state index contributed by atoms with van der Waals surface area (Å²) in [6, 6.07) is 3.75. The minimum atomic E-state index is 0.117. The van der Waals surface area contributed by atoms with Crippen molar-refractivity contribution in [3.8, 4) is 0 Å². The molecule has 2 heterocycles. The molecule has 1 atom stereocenters. The predicted molar refractivity (Wildman–Crippen MR) is 39.1 cm³/mol. The molecule has 1 fully saturated rings. The van der Waals surface area contributed by atoms with Gasteiger partial charge in [0.05, 0.1) is 6.26 Å². The summed E-state index contributed by atoms with van der Waals surface area (Å²) in [6.45, 7) is 0.715. The lowest BCUT2D eigenvalue weighted by Crippen LogP contribution is -2.13. The molecule has 1 amide bonds. The van der Waals surface area contributed by atoms with Gasteiger partial charge in [-0.2, -0.15) is 0 Å². The minimum absolute atomic E-state index is 0.117. The van der Waals surface area contributed by atoms with Gasteiger partial charge < -0.3 is 9.73 Å². The van der Waals surface area contributed by atoms with E-state index in [1.807, 2.05) is 12.1 Å². The van der Waals surface area contributed by atoms with E-state index in [4.69, 9.17) is 4.42 Å². The monoisotopic (exact) mass is 151 g/mol. The Hall–Kier alpha value is -1.25. The Morgan fingerprint density at radius 3 is 3.09 bits per heavy atom. The van der Waals surface area contributed by atoms with Gasteiger partial charge in [0.1, 0.15) is 5.76 Å². The zero-order valence-corrected chi connectivity index (χ0v) is 6.04. The highest BCUT2D eigenvalue weighted by atomic mass is 16.3. The van der Waals surface area contributed by atoms with Crippen LogP contribution >= 0.6 is 0 Å². The van der Waals surface area contributed by atoms with Crippen LogP contribution in [0.4, 0.5) is 0 Å². The number of hydrogen-bond acceptors (Lipinski definition) is 2. The van der Waals surface area contributed by atoms with Gasteiger partial charge in [0.15, 0.2) is 0 Å². The van der Waals surface area contributed by atoms with E-state index >= 15 is 0 Å². The third-order valence-corrected chi connectivity index (χ3v) is 1.92. The van der Waals surface area contributed by atoms with Crippen LogP contribution in [0.15, 0.2) is 22.8 Å². The lowest BCUT2D eigenvalue weighted by Gasteiger charge is -1.99. The van der Waals surface area contributed by atoms with Crippen LogP contribution in [0.1, 0.15) is 18.1 Å². The first-order valence-electron chi connectivity index (χ1n) is 3.66. The van der Waals surface area contributed by atoms with E-state index in [9.17, 15) is 4.79 Å². The highest BCUT2D eigenvalue weighted by molar-refractivity contribution is 5.79. The molecule has 0 saturated carbocycles. The number of hydrogen-bond donors (Lipinski definition) is 1. The molecule has 0 unspecified atom stereocenters. The van der Waals surface area contributed by atoms with Crippen molar-refractivity contribution in [2.24, 2.45) is 0 Å². The summed E-state index contributed by atoms with van der Waals surface area (Å²) < 4.78 is 5.17. The number of carbonyl (C=O) groups excluding carboxylic acids is 1. The quantitative estimate of drug-likeness (QED) is 0.647. The number of furan rings is 1. The molecule has 3 heteroatoms. The second-order valence-corrected chi connectivity index (χ2v) is 2.72. The minimum Gasteiger partial charge on any atom is -0.469 e. The SMILES string of the molecule is O=C1C[C@@H](c2ccco2)CN1. The standard InChI is InChI=1S/C8H9NO2/c10-8-4-6(5-9-8)7-2-1-3-11-7/h1-3,6H,4-5H2,(H,9,10)/t6-/m1/s1. The maximum Gasteiger partial charge on any atom is 0.220 e. The molecule has 0 aliphatic carbocycles. The second kappa shape index (κ2) is 2.42. The molecule has 11 heavy (non-hydrogen) atoms. The largest absolute Gasteiger partial charge is 0.469 e. The van der Waals surface area contributed by atoms with Gasteiger partial charge in [-0.15, -0.1) is 0 Å². The van der Waals surface area contributed by atoms with Crippen LogP contribution in [0.2, 0.25) is 0 Å². The molecule has 1 aliphatic heterocycles. The number of nitrogens with one attached hydrogen (secondary N) is 1. The molecule has 0 bridgehead atoms. The summed E-state index contributed by atoms with van der Waals surface area (Å²) in [5, 5.41) is 2.76. The van der Waals surface area contributed by atoms with Gasteiger partial charge in [-0.3, -0.25) is 4.79 Å². The van der Waals surface area contributed by atoms with E-state index < -0.39 is 0 Å². The molecule has 2 rings (SSSR count). The summed E-state index contributed by atoms with van der Waals surface area (Å²) in [4.78, 5) is 10.8. The van der Waals surface area contributed by atoms with Crippen molar-refractivity contribution in [1.29, 1.82) is 0 Å². The number of rotatable bonds is 1. The first kappa shape index (κ1) is 6.46. The maximum atomic E-state index is 10.8. The zero-order valence-electron chi connectivity index (χ0n) is 6.04. The van der Waals surface area contributed by atoms with E-state index in [2.05, 4.69) is 5.32 Å². The van der Waals surface area contributed by atoms with Crippen molar-refractivity contribution in [2.75, 3.05) is 6.54 Å². The van der Waals surface area contributed by atoms with Crippen molar-refractivity contribution in [3.63, 3.8) is 0 Å². The second-order valence-electron chi connectivity index (χ2n) is 2.72. The lowest BCUT2D eigenvalue weighted by atomic mass is 10.1. The smallest absolute Gasteiger partial charge is 0.220 e. The average molecular weight is 151 g/mol. The topological polar surface area (TPSA) is 42.2 Å². The average Bonchev–Trinajstić information content (AvgIpc) is 2.55. The fourth-order valence-corrected chi connectivity index (χ4v) is 1.33. The molecule has 1 N–H and O–H groups in total. The van der Waals surface area contributed by atoms with Crippen molar-refractivity contribution in [2.45, 2.75) is 12.3 Å². The summed E-state index contributed by atoms with van der Waals surface area (Å²) in [5.74, 6) is 1.27. The molecule has 1 aromatic rings. The van der Waals surface area contributed by atoms with Crippen LogP contribution in [0.5, 0.6) is 0 Å². The van der Waals surface area contributed by atoms with Crippen LogP contribution in [0.25, 0.3) is 0 Å². The molecule has 0 radical (unpaired) electrons. The number of amides is 1.